The largest absolute Gasteiger partial charge is 0.493 e. The highest BCUT2D eigenvalue weighted by molar-refractivity contribution is 6.06. The van der Waals surface area contributed by atoms with Crippen LogP contribution in [0.2, 0.25) is 0 Å². The maximum atomic E-state index is 15.0. The zero-order valence-corrected chi connectivity index (χ0v) is 21.7. The minimum absolute atomic E-state index is 0.223. The van der Waals surface area contributed by atoms with Gasteiger partial charge in [-0.25, -0.2) is 14.4 Å². The smallest absolute Gasteiger partial charge is 0.255 e. The van der Waals surface area contributed by atoms with Crippen molar-refractivity contribution >= 4 is 34.0 Å². The predicted octanol–water partition coefficient (Wildman–Crippen LogP) is 5.46. The van der Waals surface area contributed by atoms with Gasteiger partial charge in [-0.15, -0.1) is 0 Å². The standard InChI is InChI=1S/C29H32FN5O3/c1-35-12-10-19(11-13-35)17-38-27-16-25-22(15-26(27)37-2)28(32-18-31-25)34-24-9-8-21(14-23(24)30)33-29(36)20-6-4-3-5-7-20/h4,6-9,14-16,18-19H,3,5,10-13,17H2,1-2H3,(H,33,36)(H,31,32,34). The second-order valence-electron chi connectivity index (χ2n) is 9.71. The maximum absolute atomic E-state index is 15.0. The number of fused-ring (bicyclic) bond motifs is 1. The molecule has 0 saturated carbocycles. The van der Waals surface area contributed by atoms with E-state index >= 15 is 4.39 Å². The molecule has 2 aliphatic rings. The summed E-state index contributed by atoms with van der Waals surface area (Å²) in [6.45, 7) is 2.77. The molecule has 1 aliphatic carbocycles. The molecule has 0 spiro atoms. The molecule has 1 aromatic heterocycles. The van der Waals surface area contributed by atoms with E-state index in [1.54, 1.807) is 31.4 Å². The number of anilines is 3. The first kappa shape index (κ1) is 25.7. The van der Waals surface area contributed by atoms with Crippen molar-refractivity contribution in [1.82, 2.24) is 14.9 Å². The zero-order valence-electron chi connectivity index (χ0n) is 21.7. The Kier molecular flexibility index (Phi) is 7.83. The van der Waals surface area contributed by atoms with E-state index in [-0.39, 0.29) is 11.6 Å². The number of amides is 1. The molecule has 5 rings (SSSR count). The van der Waals surface area contributed by atoms with Gasteiger partial charge in [0.1, 0.15) is 18.0 Å². The molecule has 0 atom stereocenters. The van der Waals surface area contributed by atoms with Gasteiger partial charge in [0.15, 0.2) is 11.5 Å². The molecule has 1 fully saturated rings. The Morgan fingerprint density at radius 2 is 1.97 bits per heavy atom. The molecule has 3 aromatic rings. The van der Waals surface area contributed by atoms with E-state index in [9.17, 15) is 4.79 Å². The fraction of sp³-hybridized carbons (Fsp3) is 0.345. The highest BCUT2D eigenvalue weighted by Crippen LogP contribution is 2.36. The fourth-order valence-electron chi connectivity index (χ4n) is 4.68. The van der Waals surface area contributed by atoms with Gasteiger partial charge < -0.3 is 25.0 Å². The molecule has 8 nitrogen and oxygen atoms in total. The van der Waals surface area contributed by atoms with Crippen molar-refractivity contribution in [2.45, 2.75) is 25.7 Å². The molecule has 0 radical (unpaired) electrons. The molecular formula is C29H32FN5O3. The molecule has 198 valence electrons. The number of ether oxygens (including phenoxy) is 2. The monoisotopic (exact) mass is 517 g/mol. The lowest BCUT2D eigenvalue weighted by Gasteiger charge is -2.28. The number of hydrogen-bond donors (Lipinski definition) is 2. The molecule has 38 heavy (non-hydrogen) atoms. The van der Waals surface area contributed by atoms with Crippen molar-refractivity contribution in [2.75, 3.05) is 44.5 Å². The van der Waals surface area contributed by atoms with E-state index in [0.717, 1.165) is 38.8 Å². The van der Waals surface area contributed by atoms with Gasteiger partial charge in [0.05, 0.1) is 24.9 Å². The number of carbonyl (C=O) groups excluding carboxylic acids is 1. The summed E-state index contributed by atoms with van der Waals surface area (Å²) >= 11 is 0. The molecule has 9 heteroatoms. The van der Waals surface area contributed by atoms with Gasteiger partial charge in [-0.1, -0.05) is 18.2 Å². The molecule has 2 heterocycles. The number of allylic oxidation sites excluding steroid dienone is 2. The average molecular weight is 518 g/mol. The van der Waals surface area contributed by atoms with Crippen LogP contribution < -0.4 is 20.1 Å². The van der Waals surface area contributed by atoms with E-state index in [2.05, 4.69) is 32.5 Å². The van der Waals surface area contributed by atoms with Crippen LogP contribution >= 0.6 is 0 Å². The first-order chi connectivity index (χ1) is 18.5. The fourth-order valence-corrected chi connectivity index (χ4v) is 4.68. The van der Waals surface area contributed by atoms with Crippen molar-refractivity contribution in [3.05, 3.63) is 66.3 Å². The highest BCUT2D eigenvalue weighted by atomic mass is 19.1. The minimum atomic E-state index is -0.521. The summed E-state index contributed by atoms with van der Waals surface area (Å²) in [6, 6.07) is 8.14. The van der Waals surface area contributed by atoms with E-state index in [1.165, 1.54) is 12.4 Å². The third-order valence-electron chi connectivity index (χ3n) is 6.97. The summed E-state index contributed by atoms with van der Waals surface area (Å²) in [5, 5.41) is 6.47. The number of hydrogen-bond acceptors (Lipinski definition) is 7. The minimum Gasteiger partial charge on any atom is -0.493 e. The number of carbonyl (C=O) groups is 1. The molecule has 0 unspecified atom stereocenters. The lowest BCUT2D eigenvalue weighted by atomic mass is 9.98. The number of methoxy groups -OCH3 is 1. The van der Waals surface area contributed by atoms with E-state index in [4.69, 9.17) is 9.47 Å². The number of aromatic nitrogens is 2. The molecule has 2 N–H and O–H groups in total. The molecule has 1 saturated heterocycles. The Balaban J connectivity index is 1.31. The van der Waals surface area contributed by atoms with Crippen LogP contribution in [0.1, 0.15) is 25.7 Å². The third kappa shape index (κ3) is 5.94. The van der Waals surface area contributed by atoms with Gasteiger partial charge in [0.2, 0.25) is 0 Å². The molecule has 1 amide bonds. The van der Waals surface area contributed by atoms with Gasteiger partial charge in [0.25, 0.3) is 5.91 Å². The maximum Gasteiger partial charge on any atom is 0.255 e. The van der Waals surface area contributed by atoms with Crippen LogP contribution in [0.3, 0.4) is 0 Å². The van der Waals surface area contributed by atoms with Crippen LogP contribution in [0.5, 0.6) is 11.5 Å². The molecule has 2 aromatic carbocycles. The van der Waals surface area contributed by atoms with Crippen LogP contribution in [-0.4, -0.2) is 54.6 Å². The van der Waals surface area contributed by atoms with E-state index < -0.39 is 5.82 Å². The SMILES string of the molecule is COc1cc2c(Nc3ccc(NC(=O)C4=CCCC=C4)cc3F)ncnc2cc1OCC1CCN(C)CC1. The Bertz CT molecular complexity index is 1380. The lowest BCUT2D eigenvalue weighted by Crippen LogP contribution is -2.32. The second-order valence-corrected chi connectivity index (χ2v) is 9.71. The summed E-state index contributed by atoms with van der Waals surface area (Å²) in [7, 11) is 3.73. The van der Waals surface area contributed by atoms with Gasteiger partial charge >= 0.3 is 0 Å². The molecular weight excluding hydrogens is 485 g/mol. The lowest BCUT2D eigenvalue weighted by molar-refractivity contribution is -0.112. The quantitative estimate of drug-likeness (QED) is 0.410. The van der Waals surface area contributed by atoms with Crippen molar-refractivity contribution in [3.8, 4) is 11.5 Å². The van der Waals surface area contributed by atoms with E-state index in [1.807, 2.05) is 18.2 Å². The Morgan fingerprint density at radius 1 is 1.13 bits per heavy atom. The van der Waals surface area contributed by atoms with Crippen molar-refractivity contribution in [3.63, 3.8) is 0 Å². The second kappa shape index (κ2) is 11.6. The topological polar surface area (TPSA) is 88.6 Å². The van der Waals surface area contributed by atoms with Crippen molar-refractivity contribution in [1.29, 1.82) is 0 Å². The number of likely N-dealkylation sites (tertiary alicyclic amines) is 1. The number of rotatable bonds is 8. The van der Waals surface area contributed by atoms with Crippen LogP contribution in [0.4, 0.5) is 21.6 Å². The van der Waals surface area contributed by atoms with Crippen LogP contribution in [0.25, 0.3) is 10.9 Å². The van der Waals surface area contributed by atoms with Gasteiger partial charge in [-0.3, -0.25) is 4.79 Å². The molecule has 0 bridgehead atoms. The summed E-state index contributed by atoms with van der Waals surface area (Å²) in [6.07, 6.45) is 11.0. The summed E-state index contributed by atoms with van der Waals surface area (Å²) in [5.74, 6) is 1.34. The van der Waals surface area contributed by atoms with Crippen LogP contribution in [0, 0.1) is 11.7 Å². The van der Waals surface area contributed by atoms with Crippen molar-refractivity contribution < 1.29 is 18.7 Å². The zero-order chi connectivity index (χ0) is 26.5. The first-order valence-corrected chi connectivity index (χ1v) is 12.9. The van der Waals surface area contributed by atoms with E-state index in [0.29, 0.717) is 52.0 Å². The Morgan fingerprint density at radius 3 is 2.71 bits per heavy atom. The van der Waals surface area contributed by atoms with Gasteiger partial charge in [-0.05, 0) is 76.0 Å². The molecule has 1 aliphatic heterocycles. The van der Waals surface area contributed by atoms with Crippen LogP contribution in [-0.2, 0) is 4.79 Å². The number of benzene rings is 2. The summed E-state index contributed by atoms with van der Waals surface area (Å²) in [5.41, 5.74) is 1.83. The number of halogens is 1. The predicted molar refractivity (Wildman–Crippen MR) is 147 cm³/mol. The average Bonchev–Trinajstić information content (AvgIpc) is 2.94. The first-order valence-electron chi connectivity index (χ1n) is 12.9. The number of piperidine rings is 1. The van der Waals surface area contributed by atoms with Gasteiger partial charge in [0, 0.05) is 22.7 Å². The summed E-state index contributed by atoms with van der Waals surface area (Å²) in [4.78, 5) is 23.5. The number of nitrogens with zero attached hydrogens (tertiary/aromatic N) is 3. The normalized spacial score (nSPS) is 16.2. The Labute approximate surface area is 221 Å². The third-order valence-corrected chi connectivity index (χ3v) is 6.97. The highest BCUT2D eigenvalue weighted by Gasteiger charge is 2.19. The Hall–Kier alpha value is -3.98. The summed E-state index contributed by atoms with van der Waals surface area (Å²) < 4.78 is 26.8. The number of nitrogens with one attached hydrogen (secondary N) is 2. The van der Waals surface area contributed by atoms with Crippen LogP contribution in [0.15, 0.2) is 60.5 Å². The van der Waals surface area contributed by atoms with Crippen molar-refractivity contribution in [2.24, 2.45) is 5.92 Å². The van der Waals surface area contributed by atoms with Gasteiger partial charge in [-0.2, -0.15) is 0 Å².